The lowest BCUT2D eigenvalue weighted by atomic mass is 9.48. The fourth-order valence-electron chi connectivity index (χ4n) is 6.41. The van der Waals surface area contributed by atoms with Crippen molar-refractivity contribution in [1.29, 1.82) is 0 Å². The van der Waals surface area contributed by atoms with E-state index >= 15 is 0 Å². The number of fused-ring (bicyclic) bond motifs is 5. The summed E-state index contributed by atoms with van der Waals surface area (Å²) in [4.78, 5) is 22.8. The van der Waals surface area contributed by atoms with Crippen LogP contribution in [0.4, 0.5) is 0 Å². The molecule has 118 valence electrons. The van der Waals surface area contributed by atoms with E-state index in [9.17, 15) is 9.59 Å². The SMILES string of the molecule is C[C@]12C=CC(=O)NC1CC[C@H]1[C@@H]3CCC[C@@]3(C=C=O)CC[C@@H]12. The van der Waals surface area contributed by atoms with Gasteiger partial charge in [-0.3, -0.25) is 4.79 Å². The number of nitrogens with one attached hydrogen (secondary N) is 1. The zero-order chi connectivity index (χ0) is 15.4. The van der Waals surface area contributed by atoms with Crippen LogP contribution in [0.5, 0.6) is 0 Å². The van der Waals surface area contributed by atoms with Crippen LogP contribution in [0.15, 0.2) is 18.2 Å². The van der Waals surface area contributed by atoms with Gasteiger partial charge in [-0.25, -0.2) is 4.79 Å². The monoisotopic (exact) mass is 299 g/mol. The number of carbonyl (C=O) groups is 1. The second-order valence-corrected chi connectivity index (χ2v) is 8.14. The Bertz CT molecular complexity index is 576. The van der Waals surface area contributed by atoms with E-state index in [0.717, 1.165) is 12.8 Å². The summed E-state index contributed by atoms with van der Waals surface area (Å²) >= 11 is 0. The van der Waals surface area contributed by atoms with Crippen LogP contribution in [0.1, 0.15) is 51.9 Å². The van der Waals surface area contributed by atoms with Crippen LogP contribution in [0.3, 0.4) is 0 Å². The highest BCUT2D eigenvalue weighted by Crippen LogP contribution is 2.63. The molecule has 3 heteroatoms. The number of allylic oxidation sites excluding steroid dienone is 1. The zero-order valence-electron chi connectivity index (χ0n) is 13.3. The Morgan fingerprint density at radius 1 is 1.23 bits per heavy atom. The predicted octanol–water partition coefficient (Wildman–Crippen LogP) is 3.04. The molecule has 4 aliphatic rings. The van der Waals surface area contributed by atoms with Gasteiger partial charge in [0, 0.05) is 22.9 Å². The minimum Gasteiger partial charge on any atom is -0.349 e. The van der Waals surface area contributed by atoms with Crippen molar-refractivity contribution in [2.75, 3.05) is 0 Å². The van der Waals surface area contributed by atoms with Crippen molar-refractivity contribution < 1.29 is 9.59 Å². The Hall–Kier alpha value is -1.34. The molecule has 0 aromatic heterocycles. The minimum atomic E-state index is 0.0656. The Kier molecular flexibility index (Phi) is 3.13. The molecule has 4 rings (SSSR count). The number of carbonyl (C=O) groups excluding carboxylic acids is 2. The average Bonchev–Trinajstić information content (AvgIpc) is 2.92. The minimum absolute atomic E-state index is 0.0656. The molecule has 3 fully saturated rings. The third-order valence-electron chi connectivity index (χ3n) is 7.45. The second-order valence-electron chi connectivity index (χ2n) is 8.14. The summed E-state index contributed by atoms with van der Waals surface area (Å²) in [6.07, 6.45) is 14.0. The molecule has 0 saturated heterocycles. The van der Waals surface area contributed by atoms with Gasteiger partial charge in [0.1, 0.15) is 5.94 Å². The molecule has 0 spiro atoms. The summed E-state index contributed by atoms with van der Waals surface area (Å²) in [6, 6.07) is 0.293. The first-order valence-corrected chi connectivity index (χ1v) is 8.81. The van der Waals surface area contributed by atoms with Crippen LogP contribution < -0.4 is 5.32 Å². The highest BCUT2D eigenvalue weighted by Gasteiger charge is 2.58. The molecule has 0 bridgehead atoms. The standard InChI is InChI=1S/C19H25NO2/c1-18-9-7-17(22)20-16(18)5-4-13-14(18)6-10-19(11-12-21)8-2-3-15(13)19/h7,9,11,13-16H,2-6,8,10H2,1H3,(H,20,22)/t13-,14+,15+,16?,18-,19+/m1/s1. The molecule has 22 heavy (non-hydrogen) atoms. The predicted molar refractivity (Wildman–Crippen MR) is 84.7 cm³/mol. The number of amides is 1. The molecule has 1 amide bonds. The fourth-order valence-corrected chi connectivity index (χ4v) is 6.41. The molecule has 1 aliphatic heterocycles. The Morgan fingerprint density at radius 2 is 2.09 bits per heavy atom. The largest absolute Gasteiger partial charge is 0.349 e. The second kappa shape index (κ2) is 4.83. The third kappa shape index (κ3) is 1.81. The molecule has 1 N–H and O–H groups in total. The van der Waals surface area contributed by atoms with E-state index in [1.165, 1.54) is 32.1 Å². The lowest BCUT2D eigenvalue weighted by Crippen LogP contribution is -2.59. The first kappa shape index (κ1) is 14.3. The van der Waals surface area contributed by atoms with Crippen molar-refractivity contribution in [2.45, 2.75) is 57.9 Å². The van der Waals surface area contributed by atoms with Crippen LogP contribution in [0, 0.1) is 28.6 Å². The molecule has 1 heterocycles. The molecule has 3 saturated carbocycles. The van der Waals surface area contributed by atoms with Crippen LogP contribution >= 0.6 is 0 Å². The van der Waals surface area contributed by atoms with Crippen LogP contribution in [-0.4, -0.2) is 17.9 Å². The average molecular weight is 299 g/mol. The van der Waals surface area contributed by atoms with Gasteiger partial charge in [0.25, 0.3) is 0 Å². The van der Waals surface area contributed by atoms with Gasteiger partial charge < -0.3 is 5.32 Å². The maximum absolute atomic E-state index is 11.7. The van der Waals surface area contributed by atoms with E-state index in [4.69, 9.17) is 0 Å². The summed E-state index contributed by atoms with van der Waals surface area (Å²) in [6.45, 7) is 2.34. The van der Waals surface area contributed by atoms with Crippen molar-refractivity contribution in [3.8, 4) is 0 Å². The van der Waals surface area contributed by atoms with Gasteiger partial charge in [-0.05, 0) is 62.4 Å². The van der Waals surface area contributed by atoms with Gasteiger partial charge in [0.05, 0.1) is 0 Å². The highest BCUT2D eigenvalue weighted by molar-refractivity contribution is 5.89. The Labute approximate surface area is 132 Å². The van der Waals surface area contributed by atoms with Crippen molar-refractivity contribution in [3.05, 3.63) is 18.2 Å². The molecule has 1 unspecified atom stereocenters. The molecule has 0 aromatic carbocycles. The molecule has 6 atom stereocenters. The maximum atomic E-state index is 11.7. The molecule has 0 radical (unpaired) electrons. The quantitative estimate of drug-likeness (QED) is 0.756. The molecular formula is C19H25NO2. The zero-order valence-corrected chi connectivity index (χ0v) is 13.3. The van der Waals surface area contributed by atoms with E-state index in [1.54, 1.807) is 6.08 Å². The van der Waals surface area contributed by atoms with E-state index < -0.39 is 0 Å². The fraction of sp³-hybridized carbons (Fsp3) is 0.737. The van der Waals surface area contributed by atoms with Gasteiger partial charge in [-0.1, -0.05) is 19.4 Å². The number of rotatable bonds is 1. The number of hydrogen-bond acceptors (Lipinski definition) is 2. The van der Waals surface area contributed by atoms with Gasteiger partial charge in [-0.15, -0.1) is 0 Å². The smallest absolute Gasteiger partial charge is 0.243 e. The van der Waals surface area contributed by atoms with E-state index in [2.05, 4.69) is 24.3 Å². The van der Waals surface area contributed by atoms with Gasteiger partial charge >= 0.3 is 0 Å². The third-order valence-corrected chi connectivity index (χ3v) is 7.45. The van der Waals surface area contributed by atoms with E-state index in [-0.39, 0.29) is 16.7 Å². The Morgan fingerprint density at radius 3 is 2.91 bits per heavy atom. The summed E-state index contributed by atoms with van der Waals surface area (Å²) in [7, 11) is 0. The van der Waals surface area contributed by atoms with E-state index in [0.29, 0.717) is 23.8 Å². The van der Waals surface area contributed by atoms with E-state index in [1.807, 2.05) is 6.08 Å². The summed E-state index contributed by atoms with van der Waals surface area (Å²) in [5.41, 5.74) is 0.226. The van der Waals surface area contributed by atoms with Gasteiger partial charge in [0.2, 0.25) is 5.91 Å². The molecule has 3 nitrogen and oxygen atoms in total. The lowest BCUT2D eigenvalue weighted by Gasteiger charge is -2.58. The normalized spacial score (nSPS) is 49.4. The summed E-state index contributed by atoms with van der Waals surface area (Å²) in [5, 5.41) is 3.19. The van der Waals surface area contributed by atoms with Gasteiger partial charge in [0.15, 0.2) is 0 Å². The molecule has 3 aliphatic carbocycles. The summed E-state index contributed by atoms with van der Waals surface area (Å²) < 4.78 is 0. The highest BCUT2D eigenvalue weighted by atomic mass is 16.1. The van der Waals surface area contributed by atoms with Crippen molar-refractivity contribution >= 4 is 11.8 Å². The van der Waals surface area contributed by atoms with Crippen molar-refractivity contribution in [2.24, 2.45) is 28.6 Å². The molecule has 0 aromatic rings. The molecular weight excluding hydrogens is 274 g/mol. The first-order chi connectivity index (χ1) is 10.6. The first-order valence-electron chi connectivity index (χ1n) is 8.81. The van der Waals surface area contributed by atoms with Crippen LogP contribution in [-0.2, 0) is 9.59 Å². The van der Waals surface area contributed by atoms with Crippen molar-refractivity contribution in [1.82, 2.24) is 5.32 Å². The van der Waals surface area contributed by atoms with Crippen LogP contribution in [0.2, 0.25) is 0 Å². The van der Waals surface area contributed by atoms with Crippen molar-refractivity contribution in [3.63, 3.8) is 0 Å². The number of hydrogen-bond donors (Lipinski definition) is 1. The Balaban J connectivity index is 1.69. The summed E-state index contributed by atoms with van der Waals surface area (Å²) in [5.74, 6) is 4.17. The lowest BCUT2D eigenvalue weighted by molar-refractivity contribution is -0.121. The van der Waals surface area contributed by atoms with Gasteiger partial charge in [-0.2, -0.15) is 0 Å². The van der Waals surface area contributed by atoms with Crippen LogP contribution in [0.25, 0.3) is 0 Å². The topological polar surface area (TPSA) is 46.2 Å². The maximum Gasteiger partial charge on any atom is 0.243 e.